The zero-order valence-electron chi connectivity index (χ0n) is 25.2. The van der Waals surface area contributed by atoms with Gasteiger partial charge < -0.3 is 19.1 Å². The van der Waals surface area contributed by atoms with Gasteiger partial charge in [-0.05, 0) is 97.6 Å². The third-order valence-electron chi connectivity index (χ3n) is 7.64. The number of rotatable bonds is 8. The maximum atomic E-state index is 13.6. The summed E-state index contributed by atoms with van der Waals surface area (Å²) >= 11 is 0. The first-order valence-electron chi connectivity index (χ1n) is 14.6. The number of aromatic nitrogens is 2. The third kappa shape index (κ3) is 7.50. The summed E-state index contributed by atoms with van der Waals surface area (Å²) in [5, 5.41) is 0. The Morgan fingerprint density at radius 2 is 1.72 bits per heavy atom. The fraction of sp³-hybridized carbons (Fsp3) is 0.656. The summed E-state index contributed by atoms with van der Waals surface area (Å²) in [5.74, 6) is 0.399. The highest BCUT2D eigenvalue weighted by Crippen LogP contribution is 2.43. The van der Waals surface area contributed by atoms with Crippen LogP contribution >= 0.6 is 0 Å². The molecule has 3 heterocycles. The molecule has 7 nitrogen and oxygen atoms in total. The molecule has 0 aromatic carbocycles. The standard InChI is InChI=1S/C32H47N3O4/c1-21(2)37-30(36)29(39-31(4,5)6)27-22(3)33-20-25(28(27)35-17-15-32(7,8)16-18-35)26-14-13-24(19-34-26)38-23-11-9-10-12-23/h13-14,19-21,23,29H,9-12,15-18H2,1-8H3/t29-/m0/s1. The largest absolute Gasteiger partial charge is 0.489 e. The first-order valence-corrected chi connectivity index (χ1v) is 14.6. The topological polar surface area (TPSA) is 73.8 Å². The fourth-order valence-electron chi connectivity index (χ4n) is 5.47. The third-order valence-corrected chi connectivity index (χ3v) is 7.64. The Morgan fingerprint density at radius 3 is 2.28 bits per heavy atom. The van der Waals surface area contributed by atoms with Gasteiger partial charge in [0.15, 0.2) is 6.10 Å². The molecule has 0 radical (unpaired) electrons. The van der Waals surface area contributed by atoms with Gasteiger partial charge >= 0.3 is 5.97 Å². The smallest absolute Gasteiger partial charge is 0.340 e. The van der Waals surface area contributed by atoms with Crippen LogP contribution in [0.25, 0.3) is 11.3 Å². The number of nitrogens with zero attached hydrogens (tertiary/aromatic N) is 3. The Bertz CT molecular complexity index is 1120. The second kappa shape index (κ2) is 11.8. The molecule has 2 aromatic rings. The minimum atomic E-state index is -0.908. The number of esters is 1. The predicted molar refractivity (Wildman–Crippen MR) is 155 cm³/mol. The van der Waals surface area contributed by atoms with E-state index in [2.05, 4.69) is 18.7 Å². The van der Waals surface area contributed by atoms with Crippen molar-refractivity contribution in [1.82, 2.24) is 9.97 Å². The van der Waals surface area contributed by atoms with Gasteiger partial charge in [0.05, 0.1) is 35.4 Å². The lowest BCUT2D eigenvalue weighted by atomic mass is 9.82. The van der Waals surface area contributed by atoms with E-state index in [9.17, 15) is 4.79 Å². The molecule has 1 saturated heterocycles. The minimum Gasteiger partial charge on any atom is -0.489 e. The summed E-state index contributed by atoms with van der Waals surface area (Å²) in [6.07, 6.45) is 9.56. The van der Waals surface area contributed by atoms with Gasteiger partial charge in [-0.25, -0.2) is 4.79 Å². The Hall–Kier alpha value is -2.67. The monoisotopic (exact) mass is 537 g/mol. The SMILES string of the molecule is Cc1ncc(-c2ccc(OC3CCCC3)cn2)c(N2CCC(C)(C)CC2)c1[C@H](OC(C)(C)C)C(=O)OC(C)C. The molecule has 2 fully saturated rings. The summed E-state index contributed by atoms with van der Waals surface area (Å²) in [4.78, 5) is 25.5. The van der Waals surface area contributed by atoms with E-state index in [1.165, 1.54) is 12.8 Å². The van der Waals surface area contributed by atoms with Crippen molar-refractivity contribution in [2.24, 2.45) is 5.41 Å². The van der Waals surface area contributed by atoms with E-state index in [1.54, 1.807) is 0 Å². The molecule has 0 amide bonds. The minimum absolute atomic E-state index is 0.256. The fourth-order valence-corrected chi connectivity index (χ4v) is 5.47. The summed E-state index contributed by atoms with van der Waals surface area (Å²) in [5.41, 5.74) is 3.88. The average Bonchev–Trinajstić information content (AvgIpc) is 3.35. The number of hydrogen-bond acceptors (Lipinski definition) is 7. The molecular formula is C32H47N3O4. The maximum Gasteiger partial charge on any atom is 0.340 e. The van der Waals surface area contributed by atoms with Crippen LogP contribution in [0, 0.1) is 12.3 Å². The number of aryl methyl sites for hydroxylation is 1. The Labute approximate surface area is 234 Å². The van der Waals surface area contributed by atoms with Crippen LogP contribution in [0.15, 0.2) is 24.5 Å². The van der Waals surface area contributed by atoms with Crippen molar-refractivity contribution in [3.8, 4) is 17.0 Å². The van der Waals surface area contributed by atoms with Crippen LogP contribution in [0.2, 0.25) is 0 Å². The van der Waals surface area contributed by atoms with Crippen molar-refractivity contribution in [1.29, 1.82) is 0 Å². The molecule has 0 unspecified atom stereocenters. The summed E-state index contributed by atoms with van der Waals surface area (Å²) in [6, 6.07) is 4.00. The second-order valence-electron chi connectivity index (χ2n) is 13.2. The van der Waals surface area contributed by atoms with Crippen LogP contribution in [-0.4, -0.2) is 46.8 Å². The first kappa shape index (κ1) is 29.3. The van der Waals surface area contributed by atoms with Gasteiger partial charge in [0.25, 0.3) is 0 Å². The second-order valence-corrected chi connectivity index (χ2v) is 13.2. The molecule has 39 heavy (non-hydrogen) atoms. The van der Waals surface area contributed by atoms with Gasteiger partial charge in [-0.3, -0.25) is 9.97 Å². The normalized spacial score (nSPS) is 18.8. The van der Waals surface area contributed by atoms with E-state index in [-0.39, 0.29) is 17.6 Å². The Balaban J connectivity index is 1.81. The van der Waals surface area contributed by atoms with Crippen molar-refractivity contribution < 1.29 is 19.0 Å². The molecule has 0 bridgehead atoms. The molecule has 1 atom stereocenters. The molecule has 0 N–H and O–H groups in total. The predicted octanol–water partition coefficient (Wildman–Crippen LogP) is 7.21. The van der Waals surface area contributed by atoms with Crippen molar-refractivity contribution in [2.45, 2.75) is 118 Å². The van der Waals surface area contributed by atoms with E-state index in [0.717, 1.165) is 72.7 Å². The molecule has 0 spiro atoms. The molecular weight excluding hydrogens is 490 g/mol. The highest BCUT2D eigenvalue weighted by atomic mass is 16.6. The number of hydrogen-bond donors (Lipinski definition) is 0. The van der Waals surface area contributed by atoms with E-state index < -0.39 is 17.7 Å². The number of ether oxygens (including phenoxy) is 3. The van der Waals surface area contributed by atoms with Crippen molar-refractivity contribution in [3.63, 3.8) is 0 Å². The van der Waals surface area contributed by atoms with Crippen LogP contribution in [0.4, 0.5) is 5.69 Å². The summed E-state index contributed by atoms with van der Waals surface area (Å²) < 4.78 is 18.3. The van der Waals surface area contributed by atoms with Crippen molar-refractivity contribution in [3.05, 3.63) is 35.8 Å². The van der Waals surface area contributed by atoms with Crippen molar-refractivity contribution >= 4 is 11.7 Å². The number of pyridine rings is 2. The van der Waals surface area contributed by atoms with E-state index in [4.69, 9.17) is 24.2 Å². The summed E-state index contributed by atoms with van der Waals surface area (Å²) in [7, 11) is 0. The molecule has 1 saturated carbocycles. The molecule has 7 heteroatoms. The van der Waals surface area contributed by atoms with Gasteiger partial charge in [0, 0.05) is 36.1 Å². The number of piperidine rings is 1. The summed E-state index contributed by atoms with van der Waals surface area (Å²) in [6.45, 7) is 17.9. The van der Waals surface area contributed by atoms with Crippen LogP contribution < -0.4 is 9.64 Å². The molecule has 1 aliphatic heterocycles. The lowest BCUT2D eigenvalue weighted by molar-refractivity contribution is -0.171. The molecule has 2 aliphatic rings. The highest BCUT2D eigenvalue weighted by molar-refractivity contribution is 5.86. The molecule has 2 aromatic heterocycles. The van der Waals surface area contributed by atoms with Gasteiger partial charge in [-0.1, -0.05) is 13.8 Å². The molecule has 4 rings (SSSR count). The van der Waals surface area contributed by atoms with Crippen molar-refractivity contribution in [2.75, 3.05) is 18.0 Å². The van der Waals surface area contributed by atoms with E-state index in [0.29, 0.717) is 0 Å². The molecule has 214 valence electrons. The van der Waals surface area contributed by atoms with Crippen LogP contribution in [0.5, 0.6) is 5.75 Å². The number of carbonyl (C=O) groups excluding carboxylic acids is 1. The average molecular weight is 538 g/mol. The lowest BCUT2D eigenvalue weighted by Crippen LogP contribution is -2.39. The zero-order chi connectivity index (χ0) is 28.4. The number of anilines is 1. The Morgan fingerprint density at radius 1 is 1.05 bits per heavy atom. The molecule has 1 aliphatic carbocycles. The van der Waals surface area contributed by atoms with Gasteiger partial charge in [-0.2, -0.15) is 0 Å². The highest BCUT2D eigenvalue weighted by Gasteiger charge is 2.37. The quantitative estimate of drug-likeness (QED) is 0.329. The first-order chi connectivity index (χ1) is 18.3. The van der Waals surface area contributed by atoms with Gasteiger partial charge in [0.1, 0.15) is 5.75 Å². The Kier molecular flexibility index (Phi) is 8.89. The van der Waals surface area contributed by atoms with Crippen LogP contribution in [-0.2, 0) is 14.3 Å². The van der Waals surface area contributed by atoms with E-state index in [1.807, 2.05) is 66.1 Å². The number of carbonyl (C=O) groups is 1. The van der Waals surface area contributed by atoms with Crippen LogP contribution in [0.3, 0.4) is 0 Å². The van der Waals surface area contributed by atoms with E-state index >= 15 is 0 Å². The van der Waals surface area contributed by atoms with Crippen LogP contribution in [0.1, 0.15) is 104 Å². The lowest BCUT2D eigenvalue weighted by Gasteiger charge is -2.41. The zero-order valence-corrected chi connectivity index (χ0v) is 25.2. The van der Waals surface area contributed by atoms with Gasteiger partial charge in [-0.15, -0.1) is 0 Å². The maximum absolute atomic E-state index is 13.6. The van der Waals surface area contributed by atoms with Gasteiger partial charge in [0.2, 0.25) is 0 Å².